The molecule has 0 radical (unpaired) electrons. The first-order valence-corrected chi connectivity index (χ1v) is 7.44. The minimum absolute atomic E-state index is 0.0203. The van der Waals surface area contributed by atoms with Gasteiger partial charge in [-0.2, -0.15) is 4.72 Å². The van der Waals surface area contributed by atoms with Crippen molar-refractivity contribution in [1.82, 2.24) is 9.71 Å². The number of nitrogens with one attached hydrogen (secondary N) is 1. The van der Waals surface area contributed by atoms with Crippen LogP contribution in [0.1, 0.15) is 13.8 Å². The van der Waals surface area contributed by atoms with E-state index in [4.69, 9.17) is 4.74 Å². The number of carbonyl (C=O) groups is 1. The molecule has 1 N–H and O–H groups in total. The Morgan fingerprint density at radius 3 is 2.78 bits per heavy atom. The maximum Gasteiger partial charge on any atom is 0.323 e. The molecule has 0 amide bonds. The molecule has 8 heteroatoms. The van der Waals surface area contributed by atoms with Gasteiger partial charge in [0.25, 0.3) is 0 Å². The summed E-state index contributed by atoms with van der Waals surface area (Å²) >= 11 is 3.13. The Labute approximate surface area is 114 Å². The Bertz CT molecular complexity index is 532. The van der Waals surface area contributed by atoms with Crippen molar-refractivity contribution in [2.24, 2.45) is 0 Å². The van der Waals surface area contributed by atoms with E-state index in [1.807, 2.05) is 0 Å². The molecule has 0 aliphatic heterocycles. The number of pyridine rings is 1. The van der Waals surface area contributed by atoms with E-state index < -0.39 is 22.0 Å². The minimum atomic E-state index is -3.79. The second-order valence-corrected chi connectivity index (χ2v) is 6.06. The molecule has 0 fully saturated rings. The van der Waals surface area contributed by atoms with Crippen LogP contribution in [0.2, 0.25) is 0 Å². The molecule has 1 aromatic rings. The molecular weight excluding hydrogens is 324 g/mol. The van der Waals surface area contributed by atoms with E-state index in [2.05, 4.69) is 25.6 Å². The topological polar surface area (TPSA) is 85.4 Å². The highest BCUT2D eigenvalue weighted by Gasteiger charge is 2.23. The molecule has 1 unspecified atom stereocenters. The second-order valence-electron chi connectivity index (χ2n) is 3.43. The van der Waals surface area contributed by atoms with Crippen molar-refractivity contribution in [3.8, 4) is 0 Å². The lowest BCUT2D eigenvalue weighted by Crippen LogP contribution is -2.39. The van der Waals surface area contributed by atoms with Gasteiger partial charge in [-0.15, -0.1) is 0 Å². The zero-order chi connectivity index (χ0) is 13.8. The monoisotopic (exact) mass is 336 g/mol. The summed E-state index contributed by atoms with van der Waals surface area (Å²) in [4.78, 5) is 15.1. The van der Waals surface area contributed by atoms with Gasteiger partial charge in [-0.3, -0.25) is 9.78 Å². The van der Waals surface area contributed by atoms with Gasteiger partial charge in [0, 0.05) is 16.9 Å². The van der Waals surface area contributed by atoms with Gasteiger partial charge in [0.1, 0.15) is 10.9 Å². The highest BCUT2D eigenvalue weighted by molar-refractivity contribution is 9.10. The number of rotatable bonds is 5. The van der Waals surface area contributed by atoms with Crippen LogP contribution in [0, 0.1) is 0 Å². The third-order valence-corrected chi connectivity index (χ3v) is 3.90. The van der Waals surface area contributed by atoms with Gasteiger partial charge < -0.3 is 4.74 Å². The molecular formula is C10H13BrN2O4S. The van der Waals surface area contributed by atoms with Crippen LogP contribution in [0.4, 0.5) is 0 Å². The molecule has 0 aliphatic rings. The number of carbonyl (C=O) groups excluding carboxylic acids is 1. The fourth-order valence-corrected chi connectivity index (χ4v) is 2.85. The van der Waals surface area contributed by atoms with Gasteiger partial charge in [-0.25, -0.2) is 8.42 Å². The molecule has 18 heavy (non-hydrogen) atoms. The molecule has 0 saturated heterocycles. The largest absolute Gasteiger partial charge is 0.465 e. The maximum atomic E-state index is 11.9. The first-order chi connectivity index (χ1) is 8.36. The summed E-state index contributed by atoms with van der Waals surface area (Å²) in [5.74, 6) is -0.621. The molecule has 0 saturated carbocycles. The summed E-state index contributed by atoms with van der Waals surface area (Å²) in [6, 6.07) is 0.446. The summed E-state index contributed by atoms with van der Waals surface area (Å²) in [6.07, 6.45) is 2.67. The fraction of sp³-hybridized carbons (Fsp3) is 0.400. The van der Waals surface area contributed by atoms with Gasteiger partial charge in [-0.1, -0.05) is 0 Å². The molecule has 100 valence electrons. The standard InChI is InChI=1S/C10H13BrN2O4S/c1-3-17-10(14)7(2)13-18(15,16)9-4-8(11)5-12-6-9/h4-7,13H,3H2,1-2H3. The Hall–Kier alpha value is -0.990. The molecule has 6 nitrogen and oxygen atoms in total. The lowest BCUT2D eigenvalue weighted by Gasteiger charge is -2.12. The first kappa shape index (κ1) is 15.1. The number of hydrogen-bond acceptors (Lipinski definition) is 5. The third kappa shape index (κ3) is 4.04. The van der Waals surface area contributed by atoms with Crippen LogP contribution in [0.15, 0.2) is 27.8 Å². The highest BCUT2D eigenvalue weighted by atomic mass is 79.9. The molecule has 1 atom stereocenters. The van der Waals surface area contributed by atoms with E-state index >= 15 is 0 Å². The summed E-state index contributed by atoms with van der Waals surface area (Å²) in [6.45, 7) is 3.27. The Kier molecular flexibility index (Phi) is 5.24. The normalized spacial score (nSPS) is 13.1. The minimum Gasteiger partial charge on any atom is -0.465 e. The summed E-state index contributed by atoms with van der Waals surface area (Å²) in [5, 5.41) is 0. The van der Waals surface area contributed by atoms with E-state index in [0.29, 0.717) is 4.47 Å². The fourth-order valence-electron chi connectivity index (χ4n) is 1.16. The quantitative estimate of drug-likeness (QED) is 0.813. The molecule has 1 heterocycles. The van der Waals surface area contributed by atoms with Crippen molar-refractivity contribution in [1.29, 1.82) is 0 Å². The number of halogens is 1. The maximum absolute atomic E-state index is 11.9. The van der Waals surface area contributed by atoms with Crippen molar-refractivity contribution in [2.45, 2.75) is 24.8 Å². The van der Waals surface area contributed by atoms with E-state index in [1.54, 1.807) is 6.92 Å². The Morgan fingerprint density at radius 2 is 2.22 bits per heavy atom. The summed E-state index contributed by atoms with van der Waals surface area (Å²) in [7, 11) is -3.79. The van der Waals surface area contributed by atoms with Crippen LogP contribution in [-0.4, -0.2) is 32.0 Å². The number of sulfonamides is 1. The van der Waals surface area contributed by atoms with Crippen LogP contribution in [0.5, 0.6) is 0 Å². The van der Waals surface area contributed by atoms with Crippen LogP contribution >= 0.6 is 15.9 Å². The molecule has 0 aromatic carbocycles. The molecule has 0 bridgehead atoms. The zero-order valence-electron chi connectivity index (χ0n) is 9.88. The zero-order valence-corrected chi connectivity index (χ0v) is 12.3. The molecule has 0 aliphatic carbocycles. The SMILES string of the molecule is CCOC(=O)C(C)NS(=O)(=O)c1cncc(Br)c1. The number of hydrogen-bond donors (Lipinski definition) is 1. The van der Waals surface area contributed by atoms with Crippen LogP contribution in [-0.2, 0) is 19.6 Å². The Morgan fingerprint density at radius 1 is 1.56 bits per heavy atom. The summed E-state index contributed by atoms with van der Waals surface area (Å²) < 4.78 is 31.3. The number of ether oxygens (including phenoxy) is 1. The molecule has 0 spiro atoms. The van der Waals surface area contributed by atoms with Gasteiger partial charge in [0.2, 0.25) is 10.0 Å². The third-order valence-electron chi connectivity index (χ3n) is 1.96. The second kappa shape index (κ2) is 6.26. The van der Waals surface area contributed by atoms with E-state index in [-0.39, 0.29) is 11.5 Å². The van der Waals surface area contributed by atoms with E-state index in [1.165, 1.54) is 25.4 Å². The highest BCUT2D eigenvalue weighted by Crippen LogP contribution is 2.14. The van der Waals surface area contributed by atoms with E-state index in [0.717, 1.165) is 0 Å². The smallest absolute Gasteiger partial charge is 0.323 e. The Balaban J connectivity index is 2.86. The average molecular weight is 337 g/mol. The first-order valence-electron chi connectivity index (χ1n) is 5.16. The predicted octanol–water partition coefficient (Wildman–Crippen LogP) is 1.07. The van der Waals surface area contributed by atoms with Crippen molar-refractivity contribution < 1.29 is 17.9 Å². The van der Waals surface area contributed by atoms with Crippen molar-refractivity contribution in [3.63, 3.8) is 0 Å². The lowest BCUT2D eigenvalue weighted by atomic mass is 10.4. The molecule has 1 aromatic heterocycles. The summed E-state index contributed by atoms with van der Waals surface area (Å²) in [5.41, 5.74) is 0. The van der Waals surface area contributed by atoms with Gasteiger partial charge >= 0.3 is 5.97 Å². The van der Waals surface area contributed by atoms with Crippen molar-refractivity contribution in [2.75, 3.05) is 6.61 Å². The van der Waals surface area contributed by atoms with E-state index in [9.17, 15) is 13.2 Å². The number of aromatic nitrogens is 1. The van der Waals surface area contributed by atoms with Crippen LogP contribution in [0.3, 0.4) is 0 Å². The van der Waals surface area contributed by atoms with Crippen LogP contribution in [0.25, 0.3) is 0 Å². The van der Waals surface area contributed by atoms with Gasteiger partial charge in [-0.05, 0) is 35.8 Å². The predicted molar refractivity (Wildman–Crippen MR) is 68.4 cm³/mol. The van der Waals surface area contributed by atoms with Gasteiger partial charge in [0.05, 0.1) is 6.61 Å². The van der Waals surface area contributed by atoms with Crippen LogP contribution < -0.4 is 4.72 Å². The number of esters is 1. The molecule has 1 rings (SSSR count). The van der Waals surface area contributed by atoms with Crippen molar-refractivity contribution in [3.05, 3.63) is 22.9 Å². The van der Waals surface area contributed by atoms with Gasteiger partial charge in [0.15, 0.2) is 0 Å². The lowest BCUT2D eigenvalue weighted by molar-refractivity contribution is -0.144. The van der Waals surface area contributed by atoms with Crippen molar-refractivity contribution >= 4 is 31.9 Å². The number of nitrogens with zero attached hydrogens (tertiary/aromatic N) is 1. The average Bonchev–Trinajstić information content (AvgIpc) is 2.28.